The Kier molecular flexibility index (Phi) is 8.39. The first-order valence-corrected chi connectivity index (χ1v) is 15.4. The van der Waals surface area contributed by atoms with Crippen LogP contribution in [-0.4, -0.2) is 58.5 Å². The molecule has 5 N–H and O–H groups in total. The zero-order valence-electron chi connectivity index (χ0n) is 25.6. The topological polar surface area (TPSA) is 181 Å². The molecule has 11 nitrogen and oxygen atoms in total. The lowest BCUT2D eigenvalue weighted by Crippen LogP contribution is -2.42. The van der Waals surface area contributed by atoms with E-state index in [0.717, 1.165) is 39.8 Å². The van der Waals surface area contributed by atoms with Crippen molar-refractivity contribution < 1.29 is 18.8 Å². The maximum Gasteiger partial charge on any atom is 0.248 e. The first-order chi connectivity index (χ1) is 22.2. The van der Waals surface area contributed by atoms with Crippen LogP contribution < -0.4 is 16.8 Å². The number of aromatic nitrogens is 2. The van der Waals surface area contributed by atoms with Gasteiger partial charge in [-0.15, -0.1) is 10.2 Å². The van der Waals surface area contributed by atoms with Crippen molar-refractivity contribution >= 4 is 17.7 Å². The standard InChI is InChI=1S/C35H35N7O4/c1-21-4-6-22(7-5-21)33-40-41-34(46-33)35(14-15-39-20-30(43)42-16-2-3-27(42)19-36)28-12-10-25(31(37)44)17-23(28)8-9-24-18-26(32(38)45)11-13-29(24)35/h4-7,10-13,17-18,27,39H,2-3,8-9,14-16,20H2,1H3,(H2,37,44)(H2,38,45). The van der Waals surface area contributed by atoms with Crippen LogP contribution in [0.4, 0.5) is 0 Å². The third-order valence-electron chi connectivity index (χ3n) is 9.13. The van der Waals surface area contributed by atoms with Crippen molar-refractivity contribution in [1.82, 2.24) is 20.4 Å². The van der Waals surface area contributed by atoms with Gasteiger partial charge in [0.05, 0.1) is 12.6 Å². The minimum Gasteiger partial charge on any atom is -0.419 e. The van der Waals surface area contributed by atoms with Gasteiger partial charge in [-0.2, -0.15) is 5.26 Å². The number of nitrogens with two attached hydrogens (primary N) is 2. The van der Waals surface area contributed by atoms with E-state index in [1.54, 1.807) is 29.2 Å². The van der Waals surface area contributed by atoms with Crippen LogP contribution in [0.2, 0.25) is 0 Å². The second-order valence-corrected chi connectivity index (χ2v) is 12.0. The molecule has 6 rings (SSSR count). The van der Waals surface area contributed by atoms with E-state index >= 15 is 0 Å². The monoisotopic (exact) mass is 617 g/mol. The molecule has 1 unspecified atom stereocenters. The SMILES string of the molecule is Cc1ccc(-c2nnc(C3(CCNCC(=O)N4CCCC4C#N)c4ccc(C(N)=O)cc4CCc4cc(C(N)=O)ccc43)o2)cc1. The molecule has 11 heteroatoms. The summed E-state index contributed by atoms with van der Waals surface area (Å²) in [6, 6.07) is 20.4. The van der Waals surface area contributed by atoms with Crippen LogP contribution in [0.15, 0.2) is 65.1 Å². The van der Waals surface area contributed by atoms with Crippen LogP contribution >= 0.6 is 0 Å². The fourth-order valence-electron chi connectivity index (χ4n) is 6.74. The number of nitriles is 1. The predicted octanol–water partition coefficient (Wildman–Crippen LogP) is 3.17. The number of rotatable bonds is 9. The Labute approximate surface area is 266 Å². The summed E-state index contributed by atoms with van der Waals surface area (Å²) in [7, 11) is 0. The molecule has 2 aliphatic rings. The summed E-state index contributed by atoms with van der Waals surface area (Å²) in [4.78, 5) is 39.1. The number of likely N-dealkylation sites (tertiary alicyclic amines) is 1. The molecule has 1 aromatic heterocycles. The number of nitrogens with zero attached hydrogens (tertiary/aromatic N) is 4. The largest absolute Gasteiger partial charge is 0.419 e. The van der Waals surface area contributed by atoms with Gasteiger partial charge in [0, 0.05) is 23.2 Å². The predicted molar refractivity (Wildman–Crippen MR) is 170 cm³/mol. The van der Waals surface area contributed by atoms with Gasteiger partial charge in [-0.25, -0.2) is 0 Å². The third kappa shape index (κ3) is 5.63. The Hall–Kier alpha value is -5.34. The summed E-state index contributed by atoms with van der Waals surface area (Å²) in [6.45, 7) is 3.00. The van der Waals surface area contributed by atoms with E-state index in [1.165, 1.54) is 0 Å². The molecule has 3 aromatic carbocycles. The normalized spacial score (nSPS) is 16.6. The number of carbonyl (C=O) groups is 3. The van der Waals surface area contributed by atoms with Gasteiger partial charge in [-0.05, 0) is 104 Å². The van der Waals surface area contributed by atoms with Gasteiger partial charge in [0.2, 0.25) is 29.5 Å². The minimum atomic E-state index is -1.03. The quantitative estimate of drug-likeness (QED) is 0.239. The number of nitrogens with one attached hydrogen (secondary N) is 1. The molecule has 1 aliphatic heterocycles. The van der Waals surface area contributed by atoms with Crippen molar-refractivity contribution in [1.29, 1.82) is 5.26 Å². The average molecular weight is 618 g/mol. The lowest BCUT2D eigenvalue weighted by Gasteiger charge is -2.34. The summed E-state index contributed by atoms with van der Waals surface area (Å²) in [6.07, 6.45) is 3.00. The van der Waals surface area contributed by atoms with E-state index in [4.69, 9.17) is 15.9 Å². The first kappa shape index (κ1) is 30.7. The summed E-state index contributed by atoms with van der Waals surface area (Å²) in [5, 5.41) is 21.8. The van der Waals surface area contributed by atoms with E-state index < -0.39 is 23.3 Å². The van der Waals surface area contributed by atoms with Crippen LogP contribution in [-0.2, 0) is 23.1 Å². The van der Waals surface area contributed by atoms with Crippen LogP contribution in [0, 0.1) is 18.3 Å². The number of fused-ring (bicyclic) bond motifs is 2. The van der Waals surface area contributed by atoms with Crippen molar-refractivity contribution in [3.63, 3.8) is 0 Å². The van der Waals surface area contributed by atoms with Gasteiger partial charge in [-0.1, -0.05) is 29.8 Å². The lowest BCUT2D eigenvalue weighted by molar-refractivity contribution is -0.130. The molecule has 0 bridgehead atoms. The Morgan fingerprint density at radius 3 is 2.20 bits per heavy atom. The number of primary amides is 2. The Morgan fingerprint density at radius 1 is 0.978 bits per heavy atom. The van der Waals surface area contributed by atoms with Crippen LogP contribution in [0.1, 0.15) is 73.7 Å². The number of aryl methyl sites for hydroxylation is 3. The molecule has 1 aliphatic carbocycles. The highest BCUT2D eigenvalue weighted by Crippen LogP contribution is 2.47. The number of hydrogen-bond acceptors (Lipinski definition) is 8. The lowest BCUT2D eigenvalue weighted by atomic mass is 9.69. The van der Waals surface area contributed by atoms with Crippen molar-refractivity contribution in [3.05, 3.63) is 105 Å². The smallest absolute Gasteiger partial charge is 0.248 e. The van der Waals surface area contributed by atoms with Gasteiger partial charge in [0.25, 0.3) is 0 Å². The molecule has 4 aromatic rings. The fraction of sp³-hybridized carbons (Fsp3) is 0.314. The Bertz CT molecular complexity index is 1790. The first-order valence-electron chi connectivity index (χ1n) is 15.4. The Balaban J connectivity index is 1.46. The third-order valence-corrected chi connectivity index (χ3v) is 9.13. The molecule has 0 saturated carbocycles. The van der Waals surface area contributed by atoms with Gasteiger partial charge in [0.15, 0.2) is 0 Å². The second kappa shape index (κ2) is 12.6. The van der Waals surface area contributed by atoms with Crippen molar-refractivity contribution in [2.75, 3.05) is 19.6 Å². The molecule has 1 saturated heterocycles. The van der Waals surface area contributed by atoms with Crippen molar-refractivity contribution in [2.24, 2.45) is 11.5 Å². The summed E-state index contributed by atoms with van der Waals surface area (Å²) in [5.41, 5.74) is 16.4. The highest BCUT2D eigenvalue weighted by Gasteiger charge is 2.45. The zero-order valence-corrected chi connectivity index (χ0v) is 25.6. The van der Waals surface area contributed by atoms with E-state index in [-0.39, 0.29) is 12.5 Å². The average Bonchev–Trinajstić information content (AvgIpc) is 3.73. The zero-order chi connectivity index (χ0) is 32.4. The molecular formula is C35H35N7O4. The van der Waals surface area contributed by atoms with Gasteiger partial charge < -0.3 is 26.1 Å². The highest BCUT2D eigenvalue weighted by atomic mass is 16.4. The van der Waals surface area contributed by atoms with E-state index in [0.29, 0.717) is 61.7 Å². The van der Waals surface area contributed by atoms with E-state index in [2.05, 4.69) is 21.6 Å². The maximum absolute atomic E-state index is 13.0. The van der Waals surface area contributed by atoms with Gasteiger partial charge >= 0.3 is 0 Å². The van der Waals surface area contributed by atoms with Crippen LogP contribution in [0.5, 0.6) is 0 Å². The van der Waals surface area contributed by atoms with Gasteiger partial charge in [-0.3, -0.25) is 14.4 Å². The van der Waals surface area contributed by atoms with Crippen LogP contribution in [0.25, 0.3) is 11.5 Å². The summed E-state index contributed by atoms with van der Waals surface area (Å²) in [5.74, 6) is -0.518. The highest BCUT2D eigenvalue weighted by molar-refractivity contribution is 5.94. The molecule has 3 amide bonds. The summed E-state index contributed by atoms with van der Waals surface area (Å²) < 4.78 is 6.52. The van der Waals surface area contributed by atoms with Gasteiger partial charge in [0.1, 0.15) is 11.5 Å². The molecule has 2 heterocycles. The molecule has 1 atom stereocenters. The number of hydrogen-bond donors (Lipinski definition) is 3. The molecule has 46 heavy (non-hydrogen) atoms. The maximum atomic E-state index is 13.0. The fourth-order valence-corrected chi connectivity index (χ4v) is 6.74. The van der Waals surface area contributed by atoms with Crippen molar-refractivity contribution in [2.45, 2.75) is 50.5 Å². The molecule has 1 fully saturated rings. The van der Waals surface area contributed by atoms with Crippen molar-refractivity contribution in [3.8, 4) is 17.5 Å². The number of carbonyl (C=O) groups excluding carboxylic acids is 3. The molecule has 234 valence electrons. The summed E-state index contributed by atoms with van der Waals surface area (Å²) >= 11 is 0. The number of amides is 3. The molecule has 0 spiro atoms. The minimum absolute atomic E-state index is 0.0631. The second-order valence-electron chi connectivity index (χ2n) is 12.0. The molecule has 0 radical (unpaired) electrons. The molecular weight excluding hydrogens is 582 g/mol. The Morgan fingerprint density at radius 2 is 1.61 bits per heavy atom. The van der Waals surface area contributed by atoms with Crippen LogP contribution in [0.3, 0.4) is 0 Å². The number of benzene rings is 3. The van der Waals surface area contributed by atoms with E-state index in [9.17, 15) is 19.6 Å². The van der Waals surface area contributed by atoms with E-state index in [1.807, 2.05) is 43.3 Å².